The van der Waals surface area contributed by atoms with Crippen molar-refractivity contribution in [2.75, 3.05) is 17.2 Å². The predicted octanol–water partition coefficient (Wildman–Crippen LogP) is 1.32. The van der Waals surface area contributed by atoms with Gasteiger partial charge in [-0.1, -0.05) is 11.8 Å². The first-order valence-corrected chi connectivity index (χ1v) is 7.09. The van der Waals surface area contributed by atoms with E-state index < -0.39 is 0 Å². The first-order chi connectivity index (χ1) is 8.97. The molecule has 1 atom stereocenters. The molecule has 0 aliphatic carbocycles. The Morgan fingerprint density at radius 2 is 2.26 bits per heavy atom. The zero-order valence-electron chi connectivity index (χ0n) is 10.9. The van der Waals surface area contributed by atoms with E-state index in [4.69, 9.17) is 0 Å². The Kier molecular flexibility index (Phi) is 4.09. The molecule has 6 heteroatoms. The van der Waals surface area contributed by atoms with Crippen molar-refractivity contribution in [2.24, 2.45) is 5.92 Å². The number of thioether (sulfide) groups is 1. The molecule has 1 aromatic heterocycles. The lowest BCUT2D eigenvalue weighted by molar-refractivity contribution is -0.117. The fraction of sp³-hybridized carbons (Fsp3) is 0.462. The topological polar surface area (TPSA) is 70.2 Å². The first-order valence-electron chi connectivity index (χ1n) is 6.10. The maximum absolute atomic E-state index is 12.0. The van der Waals surface area contributed by atoms with Gasteiger partial charge in [-0.3, -0.25) is 14.4 Å². The van der Waals surface area contributed by atoms with Crippen molar-refractivity contribution in [2.45, 2.75) is 20.3 Å². The normalized spacial score (nSPS) is 18.9. The number of H-pyrrole nitrogens is 1. The number of amides is 1. The molecule has 1 aliphatic heterocycles. The van der Waals surface area contributed by atoms with Crippen LogP contribution in [-0.4, -0.2) is 28.3 Å². The molecule has 0 spiro atoms. The summed E-state index contributed by atoms with van der Waals surface area (Å²) in [4.78, 5) is 38.8. The predicted molar refractivity (Wildman–Crippen MR) is 75.4 cm³/mol. The van der Waals surface area contributed by atoms with Gasteiger partial charge >= 0.3 is 0 Å². The quantitative estimate of drug-likeness (QED) is 0.906. The Morgan fingerprint density at radius 3 is 2.95 bits per heavy atom. The molecule has 1 fully saturated rings. The SMILES string of the molecule is CC(=O)SCC1CC(=O)N(c2cc(C)c[nH]c2=O)C1. The van der Waals surface area contributed by atoms with Gasteiger partial charge < -0.3 is 9.88 Å². The summed E-state index contributed by atoms with van der Waals surface area (Å²) in [7, 11) is 0. The van der Waals surface area contributed by atoms with Crippen LogP contribution in [0.2, 0.25) is 0 Å². The summed E-state index contributed by atoms with van der Waals surface area (Å²) in [5.41, 5.74) is 1.06. The molecular formula is C13H16N2O3S. The molecule has 0 bridgehead atoms. The minimum Gasteiger partial charge on any atom is -0.327 e. The van der Waals surface area contributed by atoms with E-state index in [1.54, 1.807) is 12.3 Å². The third-order valence-electron chi connectivity index (χ3n) is 3.05. The maximum atomic E-state index is 12.0. The van der Waals surface area contributed by atoms with E-state index in [-0.39, 0.29) is 22.5 Å². The Bertz CT molecular complexity index is 567. The molecule has 0 aromatic carbocycles. The third-order valence-corrected chi connectivity index (χ3v) is 4.09. The molecule has 0 saturated carbocycles. The van der Waals surface area contributed by atoms with E-state index >= 15 is 0 Å². The van der Waals surface area contributed by atoms with Gasteiger partial charge in [-0.25, -0.2) is 0 Å². The number of anilines is 1. The van der Waals surface area contributed by atoms with Crippen LogP contribution in [0.25, 0.3) is 0 Å². The number of nitrogens with one attached hydrogen (secondary N) is 1. The maximum Gasteiger partial charge on any atom is 0.271 e. The number of aromatic nitrogens is 1. The Balaban J connectivity index is 2.13. The number of carbonyl (C=O) groups excluding carboxylic acids is 2. The summed E-state index contributed by atoms with van der Waals surface area (Å²) >= 11 is 1.23. The molecule has 0 radical (unpaired) electrons. The summed E-state index contributed by atoms with van der Waals surface area (Å²) in [5, 5.41) is 0.0549. The number of rotatable bonds is 3. The van der Waals surface area contributed by atoms with Gasteiger partial charge in [-0.05, 0) is 24.5 Å². The number of hydrogen-bond acceptors (Lipinski definition) is 4. The second-order valence-corrected chi connectivity index (χ2v) is 5.97. The molecule has 1 amide bonds. The zero-order valence-corrected chi connectivity index (χ0v) is 11.8. The average Bonchev–Trinajstić information content (AvgIpc) is 2.71. The molecule has 1 N–H and O–H groups in total. The number of nitrogens with zero attached hydrogens (tertiary/aromatic N) is 1. The average molecular weight is 280 g/mol. The van der Waals surface area contributed by atoms with Crippen molar-refractivity contribution >= 4 is 28.5 Å². The van der Waals surface area contributed by atoms with Crippen LogP contribution in [-0.2, 0) is 9.59 Å². The van der Waals surface area contributed by atoms with Crippen molar-refractivity contribution in [1.29, 1.82) is 0 Å². The van der Waals surface area contributed by atoms with E-state index in [1.165, 1.54) is 23.6 Å². The molecule has 19 heavy (non-hydrogen) atoms. The zero-order chi connectivity index (χ0) is 14.0. The summed E-state index contributed by atoms with van der Waals surface area (Å²) in [6, 6.07) is 1.72. The highest BCUT2D eigenvalue weighted by Crippen LogP contribution is 2.25. The molecule has 1 unspecified atom stereocenters. The molecule has 1 aliphatic rings. The van der Waals surface area contributed by atoms with E-state index in [9.17, 15) is 14.4 Å². The van der Waals surface area contributed by atoms with Crippen LogP contribution in [0.1, 0.15) is 18.9 Å². The molecule has 2 heterocycles. The van der Waals surface area contributed by atoms with Crippen LogP contribution in [0, 0.1) is 12.8 Å². The summed E-state index contributed by atoms with van der Waals surface area (Å²) < 4.78 is 0. The molecular weight excluding hydrogens is 264 g/mol. The van der Waals surface area contributed by atoms with Gasteiger partial charge in [0.15, 0.2) is 5.12 Å². The van der Waals surface area contributed by atoms with Crippen LogP contribution in [0.4, 0.5) is 5.69 Å². The number of carbonyl (C=O) groups is 2. The van der Waals surface area contributed by atoms with Crippen LogP contribution in [0.5, 0.6) is 0 Å². The standard InChI is InChI=1S/C13H16N2O3S/c1-8-3-11(13(18)14-5-8)15-6-10(4-12(15)17)7-19-9(2)16/h3,5,10H,4,6-7H2,1-2H3,(H,14,18). The minimum absolute atomic E-state index is 0.0507. The van der Waals surface area contributed by atoms with Crippen LogP contribution >= 0.6 is 11.8 Å². The molecule has 1 aromatic rings. The number of aryl methyl sites for hydroxylation is 1. The number of pyridine rings is 1. The fourth-order valence-corrected chi connectivity index (χ4v) is 2.83. The van der Waals surface area contributed by atoms with Crippen molar-refractivity contribution in [1.82, 2.24) is 4.98 Å². The van der Waals surface area contributed by atoms with Crippen LogP contribution in [0.15, 0.2) is 17.1 Å². The highest BCUT2D eigenvalue weighted by molar-refractivity contribution is 8.13. The Morgan fingerprint density at radius 1 is 1.53 bits per heavy atom. The monoisotopic (exact) mass is 280 g/mol. The lowest BCUT2D eigenvalue weighted by atomic mass is 10.1. The van der Waals surface area contributed by atoms with Gasteiger partial charge in [0.25, 0.3) is 5.56 Å². The van der Waals surface area contributed by atoms with Crippen molar-refractivity contribution in [3.05, 3.63) is 28.2 Å². The number of aromatic amines is 1. The largest absolute Gasteiger partial charge is 0.327 e. The highest BCUT2D eigenvalue weighted by atomic mass is 32.2. The lowest BCUT2D eigenvalue weighted by Crippen LogP contribution is -2.30. The lowest BCUT2D eigenvalue weighted by Gasteiger charge is -2.15. The second kappa shape index (κ2) is 5.61. The van der Waals surface area contributed by atoms with Gasteiger partial charge in [0.2, 0.25) is 5.91 Å². The van der Waals surface area contributed by atoms with Crippen LogP contribution < -0.4 is 10.5 Å². The highest BCUT2D eigenvalue weighted by Gasteiger charge is 2.32. The summed E-state index contributed by atoms with van der Waals surface area (Å²) in [5.74, 6) is 0.702. The summed E-state index contributed by atoms with van der Waals surface area (Å²) in [6.07, 6.45) is 2.02. The second-order valence-electron chi connectivity index (χ2n) is 4.77. The van der Waals surface area contributed by atoms with E-state index in [2.05, 4.69) is 4.98 Å². The Hall–Kier alpha value is -1.56. The van der Waals surface area contributed by atoms with Gasteiger partial charge in [-0.15, -0.1) is 0 Å². The third kappa shape index (κ3) is 3.26. The van der Waals surface area contributed by atoms with E-state index in [1.807, 2.05) is 6.92 Å². The Labute approximate surface area is 115 Å². The smallest absolute Gasteiger partial charge is 0.271 e. The van der Waals surface area contributed by atoms with Crippen LogP contribution in [0.3, 0.4) is 0 Å². The van der Waals surface area contributed by atoms with Crippen molar-refractivity contribution in [3.63, 3.8) is 0 Å². The van der Waals surface area contributed by atoms with E-state index in [0.717, 1.165) is 5.56 Å². The molecule has 1 saturated heterocycles. The molecule has 2 rings (SSSR count). The van der Waals surface area contributed by atoms with Gasteiger partial charge in [-0.2, -0.15) is 0 Å². The summed E-state index contributed by atoms with van der Waals surface area (Å²) in [6.45, 7) is 3.89. The molecule has 5 nitrogen and oxygen atoms in total. The number of hydrogen-bond donors (Lipinski definition) is 1. The van der Waals surface area contributed by atoms with Gasteiger partial charge in [0.05, 0.1) is 0 Å². The minimum atomic E-state index is -0.251. The van der Waals surface area contributed by atoms with Crippen molar-refractivity contribution in [3.8, 4) is 0 Å². The van der Waals surface area contributed by atoms with E-state index in [0.29, 0.717) is 24.4 Å². The fourth-order valence-electron chi connectivity index (χ4n) is 2.14. The van der Waals surface area contributed by atoms with Gasteiger partial charge in [0, 0.05) is 31.8 Å². The first kappa shape index (κ1) is 13.9. The molecule has 102 valence electrons. The van der Waals surface area contributed by atoms with Gasteiger partial charge in [0.1, 0.15) is 5.69 Å². The van der Waals surface area contributed by atoms with Crippen molar-refractivity contribution < 1.29 is 9.59 Å².